The minimum Gasteiger partial charge on any atom is -0.280 e. The summed E-state index contributed by atoms with van der Waals surface area (Å²) >= 11 is 0. The Balaban J connectivity index is 1.88. The maximum atomic E-state index is 13.1. The van der Waals surface area contributed by atoms with Gasteiger partial charge in [-0.1, -0.05) is 24.1 Å². The zero-order valence-electron chi connectivity index (χ0n) is 18.1. The average Bonchev–Trinajstić information content (AvgIpc) is 2.60. The van der Waals surface area contributed by atoms with Crippen molar-refractivity contribution in [3.05, 3.63) is 53.1 Å². The molecule has 1 aliphatic rings. The molecule has 1 saturated heterocycles. The first-order chi connectivity index (χ1) is 13.9. The summed E-state index contributed by atoms with van der Waals surface area (Å²) in [5.41, 5.74) is 2.67. The van der Waals surface area contributed by atoms with E-state index in [1.807, 2.05) is 32.9 Å². The van der Waals surface area contributed by atoms with Gasteiger partial charge in [-0.3, -0.25) is 4.72 Å². The molecule has 0 bridgehead atoms. The summed E-state index contributed by atoms with van der Waals surface area (Å²) in [7, 11) is -7.42. The zero-order chi connectivity index (χ0) is 22.3. The lowest BCUT2D eigenvalue weighted by molar-refractivity contribution is 0.204. The number of anilines is 1. The number of rotatable bonds is 5. The van der Waals surface area contributed by atoms with E-state index in [-0.39, 0.29) is 21.9 Å². The standard InChI is InChI=1S/C22H30N2O4S2/c1-15-13-16(2)22(17(3)14-15)29(25,26)23-20-9-11-21(12-10-20)30(27,28)24-18(4)7-6-8-19(24)5/h9-14,18-19,23H,6-8H2,1-5H3/t18-,19-/m1/s1. The first-order valence-electron chi connectivity index (χ1n) is 10.2. The molecule has 2 aromatic rings. The Morgan fingerprint density at radius 2 is 1.37 bits per heavy atom. The Kier molecular flexibility index (Phi) is 6.32. The highest BCUT2D eigenvalue weighted by Gasteiger charge is 2.35. The lowest BCUT2D eigenvalue weighted by Crippen LogP contribution is -2.47. The number of nitrogens with zero attached hydrogens (tertiary/aromatic N) is 1. The van der Waals surface area contributed by atoms with Gasteiger partial charge in [-0.15, -0.1) is 0 Å². The second kappa shape index (κ2) is 8.32. The molecule has 164 valence electrons. The first kappa shape index (κ1) is 22.8. The molecular weight excluding hydrogens is 420 g/mol. The molecule has 2 aromatic carbocycles. The largest absolute Gasteiger partial charge is 0.280 e. The Hall–Kier alpha value is -1.90. The minimum atomic E-state index is -3.79. The monoisotopic (exact) mass is 450 g/mol. The smallest absolute Gasteiger partial charge is 0.262 e. The molecule has 8 heteroatoms. The molecule has 1 fully saturated rings. The van der Waals surface area contributed by atoms with Crippen molar-refractivity contribution in [2.45, 2.75) is 75.8 Å². The molecule has 0 unspecified atom stereocenters. The summed E-state index contributed by atoms with van der Waals surface area (Å²) in [6.45, 7) is 9.33. The highest BCUT2D eigenvalue weighted by Crippen LogP contribution is 2.30. The average molecular weight is 451 g/mol. The van der Waals surface area contributed by atoms with E-state index < -0.39 is 20.0 Å². The Labute approximate surface area is 180 Å². The lowest BCUT2D eigenvalue weighted by atomic mass is 10.0. The van der Waals surface area contributed by atoms with Crippen molar-refractivity contribution in [2.75, 3.05) is 4.72 Å². The van der Waals surface area contributed by atoms with E-state index in [2.05, 4.69) is 4.72 Å². The maximum Gasteiger partial charge on any atom is 0.262 e. The molecule has 1 aliphatic heterocycles. The number of aryl methyl sites for hydroxylation is 3. The van der Waals surface area contributed by atoms with Crippen molar-refractivity contribution in [1.82, 2.24) is 4.31 Å². The van der Waals surface area contributed by atoms with Crippen LogP contribution in [0.25, 0.3) is 0 Å². The molecule has 2 atom stereocenters. The van der Waals surface area contributed by atoms with Gasteiger partial charge in [0.05, 0.1) is 9.79 Å². The zero-order valence-corrected chi connectivity index (χ0v) is 19.8. The molecule has 30 heavy (non-hydrogen) atoms. The van der Waals surface area contributed by atoms with Crippen LogP contribution in [0.5, 0.6) is 0 Å². The van der Waals surface area contributed by atoms with Crippen molar-refractivity contribution in [1.29, 1.82) is 0 Å². The number of nitrogens with one attached hydrogen (secondary N) is 1. The van der Waals surface area contributed by atoms with Crippen LogP contribution < -0.4 is 4.72 Å². The summed E-state index contributed by atoms with van der Waals surface area (Å²) in [5, 5.41) is 0. The Morgan fingerprint density at radius 1 is 0.867 bits per heavy atom. The summed E-state index contributed by atoms with van der Waals surface area (Å²) in [5.74, 6) is 0. The summed E-state index contributed by atoms with van der Waals surface area (Å²) in [4.78, 5) is 0.425. The highest BCUT2D eigenvalue weighted by atomic mass is 32.2. The van der Waals surface area contributed by atoms with Gasteiger partial charge in [0, 0.05) is 17.8 Å². The summed E-state index contributed by atoms with van der Waals surface area (Å²) < 4.78 is 56.3. The van der Waals surface area contributed by atoms with Gasteiger partial charge in [0.2, 0.25) is 10.0 Å². The van der Waals surface area contributed by atoms with E-state index in [1.54, 1.807) is 18.2 Å². The van der Waals surface area contributed by atoms with Crippen molar-refractivity contribution < 1.29 is 16.8 Å². The van der Waals surface area contributed by atoms with Gasteiger partial charge in [0.15, 0.2) is 0 Å². The van der Waals surface area contributed by atoms with Crippen molar-refractivity contribution >= 4 is 25.7 Å². The van der Waals surface area contributed by atoms with Crippen LogP contribution in [-0.4, -0.2) is 33.2 Å². The number of piperidine rings is 1. The van der Waals surface area contributed by atoms with Crippen molar-refractivity contribution in [2.24, 2.45) is 0 Å². The van der Waals surface area contributed by atoms with Crippen LogP contribution in [0.3, 0.4) is 0 Å². The van der Waals surface area contributed by atoms with Gasteiger partial charge in [0.25, 0.3) is 10.0 Å². The van der Waals surface area contributed by atoms with Gasteiger partial charge in [-0.05, 0) is 82.9 Å². The molecule has 0 aliphatic carbocycles. The second-order valence-electron chi connectivity index (χ2n) is 8.32. The molecule has 3 rings (SSSR count). The van der Waals surface area contributed by atoms with E-state index in [1.165, 1.54) is 24.3 Å². The Morgan fingerprint density at radius 3 is 1.87 bits per heavy atom. The topological polar surface area (TPSA) is 83.5 Å². The molecule has 1 heterocycles. The molecule has 0 radical (unpaired) electrons. The number of hydrogen-bond donors (Lipinski definition) is 1. The number of benzene rings is 2. The normalized spacial score (nSPS) is 20.8. The first-order valence-corrected chi connectivity index (χ1v) is 13.1. The summed E-state index contributed by atoms with van der Waals surface area (Å²) in [6, 6.07) is 9.50. The van der Waals surface area contributed by atoms with Crippen molar-refractivity contribution in [3.63, 3.8) is 0 Å². The quantitative estimate of drug-likeness (QED) is 0.733. The predicted molar refractivity (Wildman–Crippen MR) is 120 cm³/mol. The van der Waals surface area contributed by atoms with E-state index in [9.17, 15) is 16.8 Å². The third-order valence-electron chi connectivity index (χ3n) is 5.67. The highest BCUT2D eigenvalue weighted by molar-refractivity contribution is 7.92. The lowest BCUT2D eigenvalue weighted by Gasteiger charge is -2.37. The van der Waals surface area contributed by atoms with Crippen LogP contribution >= 0.6 is 0 Å². The molecule has 0 amide bonds. The summed E-state index contributed by atoms with van der Waals surface area (Å²) in [6.07, 6.45) is 2.71. The van der Waals surface area contributed by atoms with Crippen LogP contribution in [0.1, 0.15) is 49.8 Å². The van der Waals surface area contributed by atoms with Gasteiger partial charge >= 0.3 is 0 Å². The maximum absolute atomic E-state index is 13.1. The van der Waals surface area contributed by atoms with Crippen LogP contribution in [0.2, 0.25) is 0 Å². The van der Waals surface area contributed by atoms with Gasteiger partial charge in [-0.2, -0.15) is 4.31 Å². The fraction of sp³-hybridized carbons (Fsp3) is 0.455. The molecule has 1 N–H and O–H groups in total. The van der Waals surface area contributed by atoms with E-state index in [4.69, 9.17) is 0 Å². The van der Waals surface area contributed by atoms with Gasteiger partial charge < -0.3 is 0 Å². The van der Waals surface area contributed by atoms with Crippen LogP contribution in [0.15, 0.2) is 46.2 Å². The van der Waals surface area contributed by atoms with Gasteiger partial charge in [-0.25, -0.2) is 16.8 Å². The van der Waals surface area contributed by atoms with Crippen LogP contribution in [-0.2, 0) is 20.0 Å². The molecule has 0 spiro atoms. The van der Waals surface area contributed by atoms with E-state index in [0.717, 1.165) is 24.8 Å². The number of hydrogen-bond acceptors (Lipinski definition) is 4. The fourth-order valence-corrected chi connectivity index (χ4v) is 7.88. The number of sulfonamides is 2. The van der Waals surface area contributed by atoms with E-state index in [0.29, 0.717) is 16.8 Å². The second-order valence-corrected chi connectivity index (χ2v) is 11.8. The molecule has 0 saturated carbocycles. The minimum absolute atomic E-state index is 0.0515. The molecule has 0 aromatic heterocycles. The van der Waals surface area contributed by atoms with Crippen molar-refractivity contribution in [3.8, 4) is 0 Å². The van der Waals surface area contributed by atoms with Gasteiger partial charge in [0.1, 0.15) is 0 Å². The Bertz CT molecular complexity index is 1110. The van der Waals surface area contributed by atoms with Crippen LogP contribution in [0.4, 0.5) is 5.69 Å². The SMILES string of the molecule is Cc1cc(C)c(S(=O)(=O)Nc2ccc(S(=O)(=O)N3[C@H](C)CCC[C@H]3C)cc2)c(C)c1. The van der Waals surface area contributed by atoms with E-state index >= 15 is 0 Å². The third kappa shape index (κ3) is 4.40. The molecular formula is C22H30N2O4S2. The predicted octanol–water partition coefficient (Wildman–Crippen LogP) is 4.36. The van der Waals surface area contributed by atoms with Crippen LogP contribution in [0, 0.1) is 20.8 Å². The molecule has 6 nitrogen and oxygen atoms in total. The third-order valence-corrected chi connectivity index (χ3v) is 9.50. The fourth-order valence-electron chi connectivity index (χ4n) is 4.48.